The van der Waals surface area contributed by atoms with Crippen LogP contribution in [0.5, 0.6) is 5.75 Å². The number of nitrogens with one attached hydrogen (secondary N) is 1. The number of anilines is 1. The maximum atomic E-state index is 14.6. The number of benzene rings is 4. The third-order valence-electron chi connectivity index (χ3n) is 7.42. The molecule has 0 radical (unpaired) electrons. The van der Waals surface area contributed by atoms with Gasteiger partial charge in [0.2, 0.25) is 11.8 Å². The van der Waals surface area contributed by atoms with E-state index in [1.807, 2.05) is 88.4 Å². The fourth-order valence-electron chi connectivity index (χ4n) is 5.22. The van der Waals surface area contributed by atoms with Crippen LogP contribution in [-0.2, 0) is 32.6 Å². The topological polar surface area (TPSA) is 96.0 Å². The Balaban J connectivity index is 1.83. The van der Waals surface area contributed by atoms with E-state index in [0.717, 1.165) is 21.0 Å². The molecule has 236 valence electrons. The highest BCUT2D eigenvalue weighted by atomic mass is 32.2. The molecule has 0 aromatic heterocycles. The first kappa shape index (κ1) is 33.3. The summed E-state index contributed by atoms with van der Waals surface area (Å²) in [5.74, 6) is -0.235. The number of hydrogen-bond acceptors (Lipinski definition) is 5. The Kier molecular flexibility index (Phi) is 11.0. The van der Waals surface area contributed by atoms with Gasteiger partial charge >= 0.3 is 0 Å². The van der Waals surface area contributed by atoms with Crippen molar-refractivity contribution in [2.75, 3.05) is 18.0 Å². The van der Waals surface area contributed by atoms with Crippen LogP contribution < -0.4 is 14.4 Å². The fourth-order valence-corrected chi connectivity index (χ4v) is 6.72. The van der Waals surface area contributed by atoms with Gasteiger partial charge in [-0.2, -0.15) is 0 Å². The number of sulfonamides is 1. The van der Waals surface area contributed by atoms with E-state index in [2.05, 4.69) is 5.32 Å². The summed E-state index contributed by atoms with van der Waals surface area (Å²) in [6.45, 7) is 7.02. The van der Waals surface area contributed by atoms with Crippen molar-refractivity contribution in [3.63, 3.8) is 0 Å². The molecule has 4 aromatic carbocycles. The van der Waals surface area contributed by atoms with E-state index in [0.29, 0.717) is 17.0 Å². The van der Waals surface area contributed by atoms with Crippen molar-refractivity contribution in [1.29, 1.82) is 0 Å². The van der Waals surface area contributed by atoms with Gasteiger partial charge in [0.1, 0.15) is 18.3 Å². The molecule has 4 aromatic rings. The molecular weight excluding hydrogens is 586 g/mol. The van der Waals surface area contributed by atoms with E-state index >= 15 is 0 Å². The molecule has 0 spiro atoms. The van der Waals surface area contributed by atoms with Gasteiger partial charge in [-0.15, -0.1) is 0 Å². The maximum Gasteiger partial charge on any atom is 0.264 e. The van der Waals surface area contributed by atoms with Crippen molar-refractivity contribution in [3.8, 4) is 5.75 Å². The van der Waals surface area contributed by atoms with Crippen LogP contribution in [0.25, 0.3) is 0 Å². The summed E-state index contributed by atoms with van der Waals surface area (Å²) in [5, 5.41) is 2.97. The third-order valence-corrected chi connectivity index (χ3v) is 9.19. The Bertz CT molecular complexity index is 1710. The molecule has 1 atom stereocenters. The molecule has 0 aliphatic heterocycles. The molecule has 0 saturated carbocycles. The molecule has 0 bridgehead atoms. The Hall–Kier alpha value is -4.63. The average Bonchev–Trinajstić information content (AvgIpc) is 3.02. The summed E-state index contributed by atoms with van der Waals surface area (Å²) in [6.07, 6.45) is 0.240. The predicted molar refractivity (Wildman–Crippen MR) is 178 cm³/mol. The number of nitrogens with zero attached hydrogens (tertiary/aromatic N) is 2. The number of rotatable bonds is 13. The standard InChI is InChI=1S/C36H41N3O5S/c1-26(2)37-36(41)34(23-29-13-8-6-9-14-29)38(24-30-15-12-16-31(22-30)44-5)35(40)25-39(33-20-19-27(3)21-28(33)4)45(42,43)32-17-10-7-11-18-32/h6-22,26,34H,23-25H2,1-5H3,(H,37,41). The van der Waals surface area contributed by atoms with E-state index in [-0.39, 0.29) is 29.8 Å². The lowest BCUT2D eigenvalue weighted by molar-refractivity contribution is -0.140. The lowest BCUT2D eigenvalue weighted by Crippen LogP contribution is -2.54. The molecule has 4 rings (SSSR count). The van der Waals surface area contributed by atoms with Crippen LogP contribution in [0.15, 0.2) is 108 Å². The molecule has 1 unspecified atom stereocenters. The van der Waals surface area contributed by atoms with Gasteiger partial charge in [0.25, 0.3) is 10.0 Å². The summed E-state index contributed by atoms with van der Waals surface area (Å²) in [5.41, 5.74) is 3.67. The SMILES string of the molecule is COc1cccc(CN(C(=O)CN(c2ccc(C)cc2C)S(=O)(=O)c2ccccc2)C(Cc2ccccc2)C(=O)NC(C)C)c1. The second-order valence-electron chi connectivity index (χ2n) is 11.4. The minimum atomic E-state index is -4.16. The highest BCUT2D eigenvalue weighted by Crippen LogP contribution is 2.28. The van der Waals surface area contributed by atoms with Gasteiger partial charge in [-0.25, -0.2) is 8.42 Å². The Morgan fingerprint density at radius 1 is 0.822 bits per heavy atom. The molecule has 8 nitrogen and oxygen atoms in total. The lowest BCUT2D eigenvalue weighted by Gasteiger charge is -2.34. The largest absolute Gasteiger partial charge is 0.497 e. The van der Waals surface area contributed by atoms with Gasteiger partial charge in [-0.1, -0.05) is 78.4 Å². The van der Waals surface area contributed by atoms with E-state index in [1.54, 1.807) is 37.4 Å². The van der Waals surface area contributed by atoms with Crippen molar-refractivity contribution in [2.45, 2.75) is 57.6 Å². The lowest BCUT2D eigenvalue weighted by atomic mass is 10.0. The van der Waals surface area contributed by atoms with Crippen molar-refractivity contribution in [3.05, 3.63) is 125 Å². The molecule has 45 heavy (non-hydrogen) atoms. The smallest absolute Gasteiger partial charge is 0.264 e. The van der Waals surface area contributed by atoms with E-state index in [4.69, 9.17) is 4.74 Å². The molecule has 0 saturated heterocycles. The van der Waals surface area contributed by atoms with Crippen LogP contribution in [-0.4, -0.2) is 50.9 Å². The second kappa shape index (κ2) is 14.9. The normalized spacial score (nSPS) is 12.0. The molecule has 1 N–H and O–H groups in total. The Morgan fingerprint density at radius 2 is 1.47 bits per heavy atom. The monoisotopic (exact) mass is 627 g/mol. The van der Waals surface area contributed by atoms with E-state index in [1.165, 1.54) is 17.0 Å². The summed E-state index contributed by atoms with van der Waals surface area (Å²) in [4.78, 5) is 29.9. The first-order valence-electron chi connectivity index (χ1n) is 14.9. The zero-order valence-corrected chi connectivity index (χ0v) is 27.3. The number of ether oxygens (including phenoxy) is 1. The average molecular weight is 628 g/mol. The summed E-state index contributed by atoms with van der Waals surface area (Å²) in [6, 6.07) is 29.2. The van der Waals surface area contributed by atoms with Gasteiger partial charge in [-0.3, -0.25) is 13.9 Å². The number of methoxy groups -OCH3 is 1. The van der Waals surface area contributed by atoms with Crippen molar-refractivity contribution < 1.29 is 22.7 Å². The van der Waals surface area contributed by atoms with Crippen LogP contribution in [0, 0.1) is 13.8 Å². The van der Waals surface area contributed by atoms with Crippen LogP contribution in [0.1, 0.15) is 36.1 Å². The zero-order chi connectivity index (χ0) is 32.6. The molecule has 0 fully saturated rings. The quantitative estimate of drug-likeness (QED) is 0.206. The van der Waals surface area contributed by atoms with E-state index < -0.39 is 28.5 Å². The van der Waals surface area contributed by atoms with Crippen LogP contribution in [0.2, 0.25) is 0 Å². The Morgan fingerprint density at radius 3 is 2.09 bits per heavy atom. The molecular formula is C36H41N3O5S. The zero-order valence-electron chi connectivity index (χ0n) is 26.4. The number of hydrogen-bond donors (Lipinski definition) is 1. The minimum Gasteiger partial charge on any atom is -0.497 e. The first-order valence-corrected chi connectivity index (χ1v) is 16.4. The molecule has 2 amide bonds. The van der Waals surface area contributed by atoms with Crippen LogP contribution in [0.3, 0.4) is 0 Å². The number of aryl methyl sites for hydroxylation is 2. The molecule has 9 heteroatoms. The minimum absolute atomic E-state index is 0.0607. The Labute approximate surface area is 266 Å². The van der Waals surface area contributed by atoms with Crippen molar-refractivity contribution in [2.24, 2.45) is 0 Å². The van der Waals surface area contributed by atoms with Gasteiger partial charge in [-0.05, 0) is 74.7 Å². The number of carbonyl (C=O) groups is 2. The third kappa shape index (κ3) is 8.51. The van der Waals surface area contributed by atoms with E-state index in [9.17, 15) is 18.0 Å². The maximum absolute atomic E-state index is 14.6. The molecule has 0 heterocycles. The van der Waals surface area contributed by atoms with Gasteiger partial charge in [0, 0.05) is 19.0 Å². The second-order valence-corrected chi connectivity index (χ2v) is 13.2. The first-order chi connectivity index (χ1) is 21.5. The van der Waals surface area contributed by atoms with Crippen LogP contribution in [0.4, 0.5) is 5.69 Å². The highest BCUT2D eigenvalue weighted by molar-refractivity contribution is 7.92. The summed E-state index contributed by atoms with van der Waals surface area (Å²) < 4.78 is 34.9. The highest BCUT2D eigenvalue weighted by Gasteiger charge is 2.35. The van der Waals surface area contributed by atoms with Gasteiger partial charge in [0.05, 0.1) is 17.7 Å². The number of carbonyl (C=O) groups excluding carboxylic acids is 2. The van der Waals surface area contributed by atoms with Crippen LogP contribution >= 0.6 is 0 Å². The fraction of sp³-hybridized carbons (Fsp3) is 0.278. The van der Waals surface area contributed by atoms with Crippen molar-refractivity contribution in [1.82, 2.24) is 10.2 Å². The number of amides is 2. The van der Waals surface area contributed by atoms with Crippen molar-refractivity contribution >= 4 is 27.5 Å². The predicted octanol–water partition coefficient (Wildman–Crippen LogP) is 5.67. The molecule has 0 aliphatic carbocycles. The van der Waals surface area contributed by atoms with Gasteiger partial charge < -0.3 is 15.0 Å². The summed E-state index contributed by atoms with van der Waals surface area (Å²) >= 11 is 0. The molecule has 0 aliphatic rings. The van der Waals surface area contributed by atoms with Gasteiger partial charge in [0.15, 0.2) is 0 Å². The summed E-state index contributed by atoms with van der Waals surface area (Å²) in [7, 11) is -2.60.